The molecule has 0 aromatic heterocycles. The standard InChI is InChI=1S/C22H41IO3/c1-10-11-14-25-17-22(8,9)21(6,7)13-12-19(2,3)16-20(4,5)15-18(24)26-23/h12-13H,10-11,14-17H2,1-9H3/b13-12-. The third-order valence-corrected chi connectivity index (χ3v) is 5.93. The van der Waals surface area contributed by atoms with Crippen molar-refractivity contribution in [2.75, 3.05) is 13.2 Å². The summed E-state index contributed by atoms with van der Waals surface area (Å²) in [5.74, 6) is -0.152. The summed E-state index contributed by atoms with van der Waals surface area (Å²) in [7, 11) is 0. The van der Waals surface area contributed by atoms with Gasteiger partial charge in [-0.1, -0.05) is 80.9 Å². The first-order valence-electron chi connectivity index (χ1n) is 9.78. The van der Waals surface area contributed by atoms with Gasteiger partial charge in [0.15, 0.2) is 23.0 Å². The van der Waals surface area contributed by atoms with Crippen LogP contribution in [0.5, 0.6) is 0 Å². The van der Waals surface area contributed by atoms with Gasteiger partial charge in [0.2, 0.25) is 0 Å². The van der Waals surface area contributed by atoms with Crippen LogP contribution in [0, 0.1) is 21.7 Å². The quantitative estimate of drug-likeness (QED) is 0.169. The average molecular weight is 480 g/mol. The molecule has 0 aromatic rings. The van der Waals surface area contributed by atoms with E-state index in [1.165, 1.54) is 6.42 Å². The number of carbonyl (C=O) groups is 1. The van der Waals surface area contributed by atoms with Crippen LogP contribution in [0.3, 0.4) is 0 Å². The van der Waals surface area contributed by atoms with Gasteiger partial charge >= 0.3 is 5.97 Å². The van der Waals surface area contributed by atoms with E-state index in [-0.39, 0.29) is 27.6 Å². The zero-order chi connectivity index (χ0) is 20.6. The largest absolute Gasteiger partial charge is 0.394 e. The first-order chi connectivity index (χ1) is 11.7. The molecule has 0 unspecified atom stereocenters. The molecule has 0 radical (unpaired) electrons. The van der Waals surface area contributed by atoms with Crippen molar-refractivity contribution < 1.29 is 12.6 Å². The van der Waals surface area contributed by atoms with E-state index in [0.29, 0.717) is 6.42 Å². The van der Waals surface area contributed by atoms with Crippen LogP contribution in [0.2, 0.25) is 0 Å². The van der Waals surface area contributed by atoms with Crippen LogP contribution in [-0.2, 0) is 12.6 Å². The van der Waals surface area contributed by atoms with Crippen molar-refractivity contribution in [3.63, 3.8) is 0 Å². The number of ether oxygens (including phenoxy) is 1. The highest BCUT2D eigenvalue weighted by molar-refractivity contribution is 14.1. The van der Waals surface area contributed by atoms with E-state index < -0.39 is 0 Å². The molecule has 0 fully saturated rings. The number of hydrogen-bond donors (Lipinski definition) is 0. The van der Waals surface area contributed by atoms with E-state index >= 15 is 0 Å². The Labute approximate surface area is 176 Å². The Balaban J connectivity index is 4.97. The van der Waals surface area contributed by atoms with Crippen LogP contribution in [0.4, 0.5) is 0 Å². The maximum absolute atomic E-state index is 11.6. The lowest BCUT2D eigenvalue weighted by molar-refractivity contribution is -0.133. The van der Waals surface area contributed by atoms with E-state index in [4.69, 9.17) is 7.80 Å². The fourth-order valence-electron chi connectivity index (χ4n) is 3.19. The summed E-state index contributed by atoms with van der Waals surface area (Å²) < 4.78 is 10.7. The molecule has 0 spiro atoms. The third kappa shape index (κ3) is 9.72. The minimum atomic E-state index is -0.152. The Kier molecular flexibility index (Phi) is 10.4. The van der Waals surface area contributed by atoms with Gasteiger partial charge in [-0.05, 0) is 34.5 Å². The van der Waals surface area contributed by atoms with Gasteiger partial charge in [0.1, 0.15) is 0 Å². The van der Waals surface area contributed by atoms with E-state index in [1.807, 2.05) is 0 Å². The van der Waals surface area contributed by atoms with Crippen molar-refractivity contribution in [3.8, 4) is 0 Å². The molecule has 0 saturated heterocycles. The second kappa shape index (κ2) is 10.4. The molecule has 0 aliphatic carbocycles. The minimum Gasteiger partial charge on any atom is -0.394 e. The SMILES string of the molecule is CCCCOCC(C)(C)C(C)(C)/C=C\C(C)(C)CC(C)(C)CC(=O)OI. The molecule has 0 aromatic carbocycles. The Morgan fingerprint density at radius 1 is 1.00 bits per heavy atom. The monoisotopic (exact) mass is 480 g/mol. The number of carbonyl (C=O) groups excluding carboxylic acids is 1. The van der Waals surface area contributed by atoms with Crippen molar-refractivity contribution in [1.29, 1.82) is 0 Å². The summed E-state index contributed by atoms with van der Waals surface area (Å²) >= 11 is 1.67. The summed E-state index contributed by atoms with van der Waals surface area (Å²) in [4.78, 5) is 11.6. The normalized spacial score (nSPS) is 14.1. The van der Waals surface area contributed by atoms with Crippen LogP contribution in [0.25, 0.3) is 0 Å². The Morgan fingerprint density at radius 2 is 1.58 bits per heavy atom. The van der Waals surface area contributed by atoms with E-state index in [9.17, 15) is 4.79 Å². The van der Waals surface area contributed by atoms with Gasteiger partial charge in [0.25, 0.3) is 0 Å². The maximum atomic E-state index is 11.6. The van der Waals surface area contributed by atoms with Gasteiger partial charge in [-0.15, -0.1) is 0 Å². The molecule has 0 saturated carbocycles. The zero-order valence-corrected chi connectivity index (χ0v) is 20.7. The Hall–Kier alpha value is -0.100. The van der Waals surface area contributed by atoms with Gasteiger partial charge in [-0.2, -0.15) is 0 Å². The maximum Gasteiger partial charge on any atom is 0.315 e. The van der Waals surface area contributed by atoms with Crippen molar-refractivity contribution in [3.05, 3.63) is 12.2 Å². The van der Waals surface area contributed by atoms with Gasteiger partial charge in [0.05, 0.1) is 13.0 Å². The second-order valence-electron chi connectivity index (χ2n) is 10.3. The second-order valence-corrected chi connectivity index (χ2v) is 10.7. The van der Waals surface area contributed by atoms with Crippen LogP contribution in [0.1, 0.15) is 88.0 Å². The number of halogens is 1. The zero-order valence-electron chi connectivity index (χ0n) is 18.5. The fraction of sp³-hybridized carbons (Fsp3) is 0.864. The molecular weight excluding hydrogens is 439 g/mol. The van der Waals surface area contributed by atoms with E-state index in [2.05, 4.69) is 74.5 Å². The Bertz CT molecular complexity index is 462. The molecule has 0 amide bonds. The topological polar surface area (TPSA) is 35.5 Å². The lowest BCUT2D eigenvalue weighted by Gasteiger charge is -2.40. The van der Waals surface area contributed by atoms with Crippen molar-refractivity contribution in [2.45, 2.75) is 88.0 Å². The highest BCUT2D eigenvalue weighted by atomic mass is 127. The van der Waals surface area contributed by atoms with Crippen LogP contribution in [-0.4, -0.2) is 19.2 Å². The lowest BCUT2D eigenvalue weighted by atomic mass is 9.66. The smallest absolute Gasteiger partial charge is 0.315 e. The molecule has 0 heterocycles. The highest BCUT2D eigenvalue weighted by Gasteiger charge is 2.36. The summed E-state index contributed by atoms with van der Waals surface area (Å²) in [6.07, 6.45) is 8.30. The van der Waals surface area contributed by atoms with Gasteiger partial charge in [0, 0.05) is 6.61 Å². The van der Waals surface area contributed by atoms with Gasteiger partial charge in [-0.25, -0.2) is 0 Å². The molecule has 0 aliphatic rings. The molecule has 154 valence electrons. The molecular formula is C22H41IO3. The number of rotatable bonds is 12. The average Bonchev–Trinajstić information content (AvgIpc) is 2.48. The molecule has 0 N–H and O–H groups in total. The van der Waals surface area contributed by atoms with Crippen molar-refractivity contribution in [1.82, 2.24) is 0 Å². The minimum absolute atomic E-state index is 0.00543. The first kappa shape index (κ1) is 25.9. The molecule has 4 heteroatoms. The number of allylic oxidation sites excluding steroid dienone is 2. The fourth-order valence-corrected chi connectivity index (χ4v) is 3.35. The van der Waals surface area contributed by atoms with E-state index in [1.54, 1.807) is 23.0 Å². The number of unbranched alkanes of at least 4 members (excludes halogenated alkanes) is 1. The molecule has 3 nitrogen and oxygen atoms in total. The molecule has 0 rings (SSSR count). The van der Waals surface area contributed by atoms with Crippen molar-refractivity contribution in [2.24, 2.45) is 21.7 Å². The van der Waals surface area contributed by atoms with Crippen LogP contribution >= 0.6 is 23.0 Å². The molecule has 0 atom stereocenters. The Morgan fingerprint density at radius 3 is 2.08 bits per heavy atom. The molecule has 0 bridgehead atoms. The van der Waals surface area contributed by atoms with Crippen LogP contribution in [0.15, 0.2) is 12.2 Å². The first-order valence-corrected chi connectivity index (χ1v) is 10.7. The van der Waals surface area contributed by atoms with Gasteiger partial charge in [-0.3, -0.25) is 4.79 Å². The molecule has 26 heavy (non-hydrogen) atoms. The predicted octanol–water partition coefficient (Wildman–Crippen LogP) is 7.14. The van der Waals surface area contributed by atoms with Crippen LogP contribution < -0.4 is 0 Å². The summed E-state index contributed by atoms with van der Waals surface area (Å²) in [6, 6.07) is 0. The molecule has 0 aliphatic heterocycles. The summed E-state index contributed by atoms with van der Waals surface area (Å²) in [6.45, 7) is 21.6. The third-order valence-electron chi connectivity index (χ3n) is 5.44. The lowest BCUT2D eigenvalue weighted by Crippen LogP contribution is -2.36. The van der Waals surface area contributed by atoms with Gasteiger partial charge < -0.3 is 7.80 Å². The number of hydrogen-bond acceptors (Lipinski definition) is 3. The van der Waals surface area contributed by atoms with Crippen molar-refractivity contribution >= 4 is 29.0 Å². The summed E-state index contributed by atoms with van der Waals surface area (Å²) in [5.41, 5.74) is -0.0277. The summed E-state index contributed by atoms with van der Waals surface area (Å²) in [5, 5.41) is 0. The predicted molar refractivity (Wildman–Crippen MR) is 119 cm³/mol. The van der Waals surface area contributed by atoms with E-state index in [0.717, 1.165) is 26.1 Å². The highest BCUT2D eigenvalue weighted by Crippen LogP contribution is 2.43.